The van der Waals surface area contributed by atoms with Gasteiger partial charge < -0.3 is 10.0 Å². The summed E-state index contributed by atoms with van der Waals surface area (Å²) >= 11 is 0. The number of fused-ring (bicyclic) bond motifs is 1. The van der Waals surface area contributed by atoms with Crippen molar-refractivity contribution >= 4 is 5.97 Å². The Morgan fingerprint density at radius 2 is 1.81 bits per heavy atom. The Balaban J connectivity index is 0.000000173. The molecule has 6 nitrogen and oxygen atoms in total. The average Bonchev–Trinajstić information content (AvgIpc) is 3.50. The molecule has 0 radical (unpaired) electrons. The Labute approximate surface area is 221 Å². The standard InChI is InChI=1S/C15H20FNO2.C15H25N3/c1-10(2)14(15(18)19)17-7-6-12(9-17)11-4-3-5-13(16)8-11;1-3-18-15(12-8-10-17(2)11-9-12)13-6-4-5-7-14(13)16-18/h3-5,8,10,12,14H,6-7,9H2,1-2H3,(H,18,19);12H,3-11H2,1-2H3. The van der Waals surface area contributed by atoms with Crippen LogP contribution in [0.1, 0.15) is 87.2 Å². The van der Waals surface area contributed by atoms with E-state index in [-0.39, 0.29) is 17.7 Å². The van der Waals surface area contributed by atoms with Gasteiger partial charge in [0.05, 0.1) is 5.69 Å². The lowest BCUT2D eigenvalue weighted by Crippen LogP contribution is -2.43. The van der Waals surface area contributed by atoms with Crippen LogP contribution in [-0.4, -0.2) is 69.9 Å². The third-order valence-electron chi connectivity index (χ3n) is 8.49. The number of aryl methyl sites for hydroxylation is 2. The van der Waals surface area contributed by atoms with E-state index in [0.717, 1.165) is 31.0 Å². The summed E-state index contributed by atoms with van der Waals surface area (Å²) in [5, 5.41) is 14.2. The molecule has 2 unspecified atom stereocenters. The topological polar surface area (TPSA) is 61.6 Å². The lowest BCUT2D eigenvalue weighted by Gasteiger charge is -2.30. The molecule has 7 heteroatoms. The van der Waals surface area contributed by atoms with Crippen LogP contribution in [0.2, 0.25) is 0 Å². The van der Waals surface area contributed by atoms with Crippen LogP contribution in [0.25, 0.3) is 0 Å². The molecule has 204 valence electrons. The van der Waals surface area contributed by atoms with Crippen molar-refractivity contribution in [2.45, 2.75) is 90.1 Å². The highest BCUT2D eigenvalue weighted by Crippen LogP contribution is 2.35. The lowest BCUT2D eigenvalue weighted by atomic mass is 9.86. The highest BCUT2D eigenvalue weighted by Gasteiger charge is 2.35. The molecule has 5 rings (SSSR count). The number of rotatable bonds is 6. The molecule has 0 spiro atoms. The number of carboxylic acids is 1. The van der Waals surface area contributed by atoms with Gasteiger partial charge in [-0.2, -0.15) is 5.10 Å². The normalized spacial score (nSPS) is 21.9. The van der Waals surface area contributed by atoms with E-state index in [0.29, 0.717) is 6.54 Å². The first-order chi connectivity index (χ1) is 17.8. The van der Waals surface area contributed by atoms with E-state index in [1.54, 1.807) is 23.4 Å². The molecule has 1 N–H and O–H groups in total. The Bertz CT molecular complexity index is 1040. The molecule has 2 saturated heterocycles. The van der Waals surface area contributed by atoms with E-state index in [2.05, 4.69) is 23.6 Å². The second kappa shape index (κ2) is 12.5. The number of carboxylic acid groups (broad SMARTS) is 1. The van der Waals surface area contributed by atoms with Crippen molar-refractivity contribution in [1.29, 1.82) is 0 Å². The van der Waals surface area contributed by atoms with Gasteiger partial charge in [-0.05, 0) is 114 Å². The van der Waals surface area contributed by atoms with Crippen molar-refractivity contribution in [1.82, 2.24) is 19.6 Å². The first-order valence-corrected chi connectivity index (χ1v) is 14.3. The van der Waals surface area contributed by atoms with E-state index in [1.807, 2.05) is 24.8 Å². The largest absolute Gasteiger partial charge is 0.480 e. The molecule has 2 fully saturated rings. The molecular weight excluding hydrogens is 467 g/mol. The molecule has 1 aromatic heterocycles. The molecule has 1 aromatic carbocycles. The van der Waals surface area contributed by atoms with Crippen molar-refractivity contribution in [3.8, 4) is 0 Å². The number of likely N-dealkylation sites (tertiary alicyclic amines) is 2. The van der Waals surface area contributed by atoms with Gasteiger partial charge in [-0.25, -0.2) is 4.39 Å². The van der Waals surface area contributed by atoms with Gasteiger partial charge in [-0.1, -0.05) is 26.0 Å². The predicted molar refractivity (Wildman–Crippen MR) is 146 cm³/mol. The Hall–Kier alpha value is -2.25. The smallest absolute Gasteiger partial charge is 0.321 e. The van der Waals surface area contributed by atoms with Crippen LogP contribution in [-0.2, 0) is 24.2 Å². The van der Waals surface area contributed by atoms with Gasteiger partial charge in [0, 0.05) is 24.7 Å². The predicted octanol–water partition coefficient (Wildman–Crippen LogP) is 5.32. The molecule has 37 heavy (non-hydrogen) atoms. The third kappa shape index (κ3) is 6.61. The van der Waals surface area contributed by atoms with Gasteiger partial charge in [0.1, 0.15) is 11.9 Å². The van der Waals surface area contributed by atoms with Gasteiger partial charge in [0.25, 0.3) is 0 Å². The molecule has 0 amide bonds. The highest BCUT2D eigenvalue weighted by molar-refractivity contribution is 5.73. The number of nitrogens with zero attached hydrogens (tertiary/aromatic N) is 4. The Kier molecular flexibility index (Phi) is 9.41. The second-order valence-corrected chi connectivity index (χ2v) is 11.5. The summed E-state index contributed by atoms with van der Waals surface area (Å²) in [6.07, 6.45) is 8.70. The summed E-state index contributed by atoms with van der Waals surface area (Å²) < 4.78 is 15.5. The number of piperidine rings is 1. The summed E-state index contributed by atoms with van der Waals surface area (Å²) in [5.41, 5.74) is 5.60. The number of hydrogen-bond donors (Lipinski definition) is 1. The second-order valence-electron chi connectivity index (χ2n) is 11.5. The first kappa shape index (κ1) is 27.8. The van der Waals surface area contributed by atoms with Crippen molar-refractivity contribution < 1.29 is 14.3 Å². The maximum Gasteiger partial charge on any atom is 0.321 e. The molecule has 0 bridgehead atoms. The van der Waals surface area contributed by atoms with Gasteiger partial charge in [0.15, 0.2) is 0 Å². The molecule has 3 heterocycles. The summed E-state index contributed by atoms with van der Waals surface area (Å²) in [5.74, 6) is 0.0695. The van der Waals surface area contributed by atoms with E-state index in [9.17, 15) is 14.3 Å². The fourth-order valence-corrected chi connectivity index (χ4v) is 6.55. The van der Waals surface area contributed by atoms with Crippen LogP contribution >= 0.6 is 0 Å². The van der Waals surface area contributed by atoms with Crippen LogP contribution < -0.4 is 0 Å². The molecule has 1 aliphatic carbocycles. The number of carbonyl (C=O) groups is 1. The maximum absolute atomic E-state index is 13.2. The minimum absolute atomic E-state index is 0.0729. The van der Waals surface area contributed by atoms with E-state index in [1.165, 1.54) is 63.4 Å². The zero-order valence-electron chi connectivity index (χ0n) is 23.1. The highest BCUT2D eigenvalue weighted by atomic mass is 19.1. The number of benzene rings is 1. The van der Waals surface area contributed by atoms with Gasteiger partial charge in [-0.3, -0.25) is 14.4 Å². The zero-order chi connectivity index (χ0) is 26.5. The minimum Gasteiger partial charge on any atom is -0.480 e. The van der Waals surface area contributed by atoms with E-state index >= 15 is 0 Å². The quantitative estimate of drug-likeness (QED) is 0.568. The van der Waals surface area contributed by atoms with Crippen LogP contribution in [0.3, 0.4) is 0 Å². The lowest BCUT2D eigenvalue weighted by molar-refractivity contribution is -0.144. The monoisotopic (exact) mass is 512 g/mol. The number of aliphatic carboxylic acids is 1. The van der Waals surface area contributed by atoms with Crippen LogP contribution in [0.15, 0.2) is 24.3 Å². The van der Waals surface area contributed by atoms with Crippen LogP contribution in [0.4, 0.5) is 4.39 Å². The number of hydrogen-bond acceptors (Lipinski definition) is 4. The maximum atomic E-state index is 13.2. The van der Waals surface area contributed by atoms with Crippen molar-refractivity contribution in [2.75, 3.05) is 33.2 Å². The van der Waals surface area contributed by atoms with Gasteiger partial charge in [0.2, 0.25) is 0 Å². The minimum atomic E-state index is -0.769. The van der Waals surface area contributed by atoms with E-state index in [4.69, 9.17) is 5.10 Å². The molecule has 2 atom stereocenters. The van der Waals surface area contributed by atoms with E-state index < -0.39 is 12.0 Å². The SMILES string of the molecule is CC(C)C(C(=O)O)N1CCC(c2cccc(F)c2)C1.CCn1nc2c(c1C1CCN(C)CC1)CCCC2. The zero-order valence-corrected chi connectivity index (χ0v) is 23.1. The molecule has 2 aromatic rings. The third-order valence-corrected chi connectivity index (χ3v) is 8.49. The summed E-state index contributed by atoms with van der Waals surface area (Å²) in [6.45, 7) is 11.1. The van der Waals surface area contributed by atoms with Crippen molar-refractivity contribution in [3.63, 3.8) is 0 Å². The summed E-state index contributed by atoms with van der Waals surface area (Å²) in [4.78, 5) is 15.8. The first-order valence-electron chi connectivity index (χ1n) is 14.3. The summed E-state index contributed by atoms with van der Waals surface area (Å²) in [6, 6.07) is 6.18. The summed E-state index contributed by atoms with van der Waals surface area (Å²) in [7, 11) is 2.24. The van der Waals surface area contributed by atoms with Crippen molar-refractivity contribution in [3.05, 3.63) is 52.6 Å². The average molecular weight is 513 g/mol. The van der Waals surface area contributed by atoms with Crippen LogP contribution in [0, 0.1) is 11.7 Å². The van der Waals surface area contributed by atoms with Crippen LogP contribution in [0.5, 0.6) is 0 Å². The van der Waals surface area contributed by atoms with Gasteiger partial charge >= 0.3 is 5.97 Å². The number of halogens is 1. The Morgan fingerprint density at radius 1 is 1.11 bits per heavy atom. The Morgan fingerprint density at radius 3 is 2.46 bits per heavy atom. The fraction of sp³-hybridized carbons (Fsp3) is 0.667. The molecule has 3 aliphatic rings. The van der Waals surface area contributed by atoms with Crippen molar-refractivity contribution in [2.24, 2.45) is 5.92 Å². The van der Waals surface area contributed by atoms with Gasteiger partial charge in [-0.15, -0.1) is 0 Å². The molecule has 0 saturated carbocycles. The molecule has 2 aliphatic heterocycles. The fourth-order valence-electron chi connectivity index (χ4n) is 6.55. The molecular formula is C30H45FN4O2. The number of aromatic nitrogens is 2.